The summed E-state index contributed by atoms with van der Waals surface area (Å²) in [5, 5.41) is 0. The van der Waals surface area contributed by atoms with Gasteiger partial charge in [0.25, 0.3) is 0 Å². The molecule has 4 heteroatoms. The zero-order valence-electron chi connectivity index (χ0n) is 14.3. The lowest BCUT2D eigenvalue weighted by molar-refractivity contribution is -0.274. The molecule has 24 heavy (non-hydrogen) atoms. The molecule has 0 aromatic heterocycles. The largest absolute Gasteiger partial charge is 0.573 e. The van der Waals surface area contributed by atoms with Crippen molar-refractivity contribution in [3.63, 3.8) is 0 Å². The maximum Gasteiger partial charge on any atom is 0.573 e. The molecule has 1 aliphatic carbocycles. The quantitative estimate of drug-likeness (QED) is 0.503. The van der Waals surface area contributed by atoms with Crippen LogP contribution in [-0.2, 0) is 6.42 Å². The number of rotatable bonds is 7. The van der Waals surface area contributed by atoms with Gasteiger partial charge in [-0.3, -0.25) is 0 Å². The molecule has 0 radical (unpaired) electrons. The summed E-state index contributed by atoms with van der Waals surface area (Å²) < 4.78 is 40.2. The number of hydrogen-bond donors (Lipinski definition) is 0. The Labute approximate surface area is 142 Å². The Morgan fingerprint density at radius 3 is 2.21 bits per heavy atom. The minimum Gasteiger partial charge on any atom is -0.406 e. The first-order chi connectivity index (χ1) is 11.5. The molecule has 0 bridgehead atoms. The zero-order chi connectivity index (χ0) is 17.4. The predicted molar refractivity (Wildman–Crippen MR) is 90.9 cm³/mol. The van der Waals surface area contributed by atoms with Crippen LogP contribution in [0.1, 0.15) is 57.4 Å². The highest BCUT2D eigenvalue weighted by atomic mass is 19.4. The van der Waals surface area contributed by atoms with E-state index in [9.17, 15) is 13.2 Å². The highest BCUT2D eigenvalue weighted by molar-refractivity contribution is 5.28. The van der Waals surface area contributed by atoms with Crippen LogP contribution < -0.4 is 4.74 Å². The van der Waals surface area contributed by atoms with E-state index >= 15 is 0 Å². The number of halogens is 3. The van der Waals surface area contributed by atoms with E-state index in [0.717, 1.165) is 30.2 Å². The van der Waals surface area contributed by atoms with Gasteiger partial charge < -0.3 is 4.74 Å². The molecule has 0 amide bonds. The van der Waals surface area contributed by atoms with Gasteiger partial charge in [-0.25, -0.2) is 0 Å². The van der Waals surface area contributed by atoms with Crippen LogP contribution in [0.15, 0.2) is 36.4 Å². The fourth-order valence-corrected chi connectivity index (χ4v) is 3.50. The van der Waals surface area contributed by atoms with Gasteiger partial charge in [0.1, 0.15) is 5.75 Å². The summed E-state index contributed by atoms with van der Waals surface area (Å²) in [7, 11) is 0. The van der Waals surface area contributed by atoms with Crippen molar-refractivity contribution in [2.24, 2.45) is 11.8 Å². The Hall–Kier alpha value is -1.45. The average molecular weight is 340 g/mol. The molecule has 0 unspecified atom stereocenters. The highest BCUT2D eigenvalue weighted by Gasteiger charge is 2.30. The second-order valence-corrected chi connectivity index (χ2v) is 6.78. The Bertz CT molecular complexity index is 497. The van der Waals surface area contributed by atoms with Gasteiger partial charge >= 0.3 is 6.36 Å². The lowest BCUT2D eigenvalue weighted by Crippen LogP contribution is -2.16. The minimum atomic E-state index is -4.63. The molecular formula is C20H27F3O. The third-order valence-electron chi connectivity index (χ3n) is 4.81. The third kappa shape index (κ3) is 6.98. The summed E-state index contributed by atoms with van der Waals surface area (Å²) in [6.45, 7) is 2.26. The third-order valence-corrected chi connectivity index (χ3v) is 4.81. The molecular weight excluding hydrogens is 313 g/mol. The first-order valence-electron chi connectivity index (χ1n) is 8.96. The number of hydrogen-bond acceptors (Lipinski definition) is 1. The lowest BCUT2D eigenvalue weighted by Gasteiger charge is -2.27. The summed E-state index contributed by atoms with van der Waals surface area (Å²) in [5.74, 6) is 1.57. The van der Waals surface area contributed by atoms with Gasteiger partial charge in [-0.2, -0.15) is 0 Å². The smallest absolute Gasteiger partial charge is 0.406 e. The van der Waals surface area contributed by atoms with Crippen LogP contribution in [0.5, 0.6) is 5.75 Å². The molecule has 0 aliphatic heterocycles. The lowest BCUT2D eigenvalue weighted by atomic mass is 9.79. The monoisotopic (exact) mass is 340 g/mol. The van der Waals surface area contributed by atoms with E-state index in [1.165, 1.54) is 50.7 Å². The summed E-state index contributed by atoms with van der Waals surface area (Å²) in [6, 6.07) is 6.10. The molecule has 1 aromatic carbocycles. The molecule has 1 fully saturated rings. The summed E-state index contributed by atoms with van der Waals surface area (Å²) >= 11 is 0. The summed E-state index contributed by atoms with van der Waals surface area (Å²) in [4.78, 5) is 0. The van der Waals surface area contributed by atoms with E-state index in [4.69, 9.17) is 0 Å². The van der Waals surface area contributed by atoms with E-state index in [2.05, 4.69) is 23.8 Å². The second kappa shape index (κ2) is 9.14. The summed E-state index contributed by atoms with van der Waals surface area (Å²) in [5.41, 5.74) is 0.993. The standard InChI is InChI=1S/C20H27F3O/c1-2-5-16-8-10-17(11-9-16)6-3-4-7-18-12-14-19(15-13-18)24-20(21,22)23/h3-4,12-17H,2,5-11H2,1H3. The van der Waals surface area contributed by atoms with Gasteiger partial charge in [-0.1, -0.05) is 56.9 Å². The van der Waals surface area contributed by atoms with E-state index in [0.29, 0.717) is 0 Å². The van der Waals surface area contributed by atoms with Crippen molar-refractivity contribution in [2.45, 2.75) is 64.7 Å². The fraction of sp³-hybridized carbons (Fsp3) is 0.600. The van der Waals surface area contributed by atoms with Gasteiger partial charge in [-0.05, 0) is 55.2 Å². The van der Waals surface area contributed by atoms with Crippen molar-refractivity contribution in [3.05, 3.63) is 42.0 Å². The number of alkyl halides is 3. The van der Waals surface area contributed by atoms with Gasteiger partial charge in [0, 0.05) is 0 Å². The first kappa shape index (κ1) is 18.9. The van der Waals surface area contributed by atoms with Crippen LogP contribution >= 0.6 is 0 Å². The van der Waals surface area contributed by atoms with Gasteiger partial charge in [0.2, 0.25) is 0 Å². The maximum absolute atomic E-state index is 12.1. The molecule has 134 valence electrons. The Kier molecular flexibility index (Phi) is 7.19. The zero-order valence-corrected chi connectivity index (χ0v) is 14.3. The van der Waals surface area contributed by atoms with Crippen molar-refractivity contribution in [1.82, 2.24) is 0 Å². The van der Waals surface area contributed by atoms with Crippen LogP contribution in [-0.4, -0.2) is 6.36 Å². The van der Waals surface area contributed by atoms with Crippen LogP contribution in [0.2, 0.25) is 0 Å². The molecule has 1 aliphatic rings. The van der Waals surface area contributed by atoms with Crippen molar-refractivity contribution >= 4 is 0 Å². The van der Waals surface area contributed by atoms with Crippen molar-refractivity contribution in [1.29, 1.82) is 0 Å². The van der Waals surface area contributed by atoms with Gasteiger partial charge in [0.15, 0.2) is 0 Å². The molecule has 1 aromatic rings. The topological polar surface area (TPSA) is 9.23 Å². The number of benzene rings is 1. The summed E-state index contributed by atoms with van der Waals surface area (Å²) in [6.07, 6.45) is 9.65. The molecule has 0 atom stereocenters. The first-order valence-corrected chi connectivity index (χ1v) is 8.96. The molecule has 2 rings (SSSR count). The van der Waals surface area contributed by atoms with Gasteiger partial charge in [-0.15, -0.1) is 13.2 Å². The Morgan fingerprint density at radius 1 is 1.00 bits per heavy atom. The normalized spacial score (nSPS) is 22.0. The second-order valence-electron chi connectivity index (χ2n) is 6.78. The highest BCUT2D eigenvalue weighted by Crippen LogP contribution is 2.33. The SMILES string of the molecule is CCCC1CCC(CC=CCc2ccc(OC(F)(F)F)cc2)CC1. The molecule has 1 saturated carbocycles. The Balaban J connectivity index is 1.69. The molecule has 1 nitrogen and oxygen atoms in total. The van der Waals surface area contributed by atoms with Crippen molar-refractivity contribution < 1.29 is 17.9 Å². The van der Waals surface area contributed by atoms with E-state index in [1.54, 1.807) is 12.1 Å². The predicted octanol–water partition coefficient (Wildman–Crippen LogP) is 6.68. The maximum atomic E-state index is 12.1. The van der Waals surface area contributed by atoms with Crippen LogP contribution in [0, 0.1) is 11.8 Å². The minimum absolute atomic E-state index is 0.168. The molecule has 0 spiro atoms. The fourth-order valence-electron chi connectivity index (χ4n) is 3.50. The molecule has 0 saturated heterocycles. The van der Waals surface area contributed by atoms with E-state index in [-0.39, 0.29) is 5.75 Å². The van der Waals surface area contributed by atoms with Crippen molar-refractivity contribution in [2.75, 3.05) is 0 Å². The molecule has 0 N–H and O–H groups in total. The number of allylic oxidation sites excluding steroid dienone is 2. The van der Waals surface area contributed by atoms with Gasteiger partial charge in [0.05, 0.1) is 0 Å². The van der Waals surface area contributed by atoms with Crippen LogP contribution in [0.3, 0.4) is 0 Å². The average Bonchev–Trinajstić information content (AvgIpc) is 2.53. The Morgan fingerprint density at radius 2 is 1.62 bits per heavy atom. The number of ether oxygens (including phenoxy) is 1. The van der Waals surface area contributed by atoms with Crippen LogP contribution in [0.4, 0.5) is 13.2 Å². The molecule has 0 heterocycles. The van der Waals surface area contributed by atoms with Crippen molar-refractivity contribution in [3.8, 4) is 5.75 Å². The van der Waals surface area contributed by atoms with E-state index in [1.807, 2.05) is 0 Å². The van der Waals surface area contributed by atoms with E-state index < -0.39 is 6.36 Å². The van der Waals surface area contributed by atoms with Crippen LogP contribution in [0.25, 0.3) is 0 Å².